The number of benzene rings is 7. The van der Waals surface area contributed by atoms with Crippen molar-refractivity contribution in [2.45, 2.75) is 78.6 Å². The molecule has 0 spiro atoms. The quantitative estimate of drug-likeness (QED) is 0.149. The van der Waals surface area contributed by atoms with Crippen LogP contribution in [0.15, 0.2) is 164 Å². The minimum atomic E-state index is -0.0481. The summed E-state index contributed by atoms with van der Waals surface area (Å²) in [4.78, 5) is 9.43. The van der Waals surface area contributed by atoms with Gasteiger partial charge in [0.25, 0.3) is 0 Å². The molecule has 0 bridgehead atoms. The van der Waals surface area contributed by atoms with E-state index in [0.29, 0.717) is 11.5 Å². The van der Waals surface area contributed by atoms with E-state index in [0.717, 1.165) is 55.9 Å². The van der Waals surface area contributed by atoms with Crippen molar-refractivity contribution in [3.05, 3.63) is 199 Å². The molecule has 0 radical (unpaired) electrons. The summed E-state index contributed by atoms with van der Waals surface area (Å²) in [6, 6.07) is 63.6. The van der Waals surface area contributed by atoms with Gasteiger partial charge in [-0.1, -0.05) is 153 Å². The predicted molar refractivity (Wildman–Crippen MR) is 271 cm³/mol. The first-order valence-corrected chi connectivity index (χ1v) is 22.6. The average Bonchev–Trinajstić information content (AvgIpc) is 3.84. The fourth-order valence-corrected chi connectivity index (χ4v) is 8.82. The van der Waals surface area contributed by atoms with Gasteiger partial charge < -0.3 is 19.1 Å². The van der Waals surface area contributed by atoms with E-state index in [2.05, 4.69) is 235 Å². The molecule has 0 amide bonds. The Morgan fingerprint density at radius 3 is 1.85 bits per heavy atom. The van der Waals surface area contributed by atoms with Crippen LogP contribution in [-0.2, 0) is 37.3 Å². The van der Waals surface area contributed by atoms with Gasteiger partial charge in [-0.3, -0.25) is 0 Å². The Kier molecular flexibility index (Phi) is 11.6. The number of nitrogens with zero attached hydrogens (tertiary/aromatic N) is 4. The summed E-state index contributed by atoms with van der Waals surface area (Å²) in [6.07, 6.45) is 1.91. The number of aromatic nitrogens is 2. The minimum Gasteiger partial charge on any atom is -0.509 e. The first-order valence-electron chi connectivity index (χ1n) is 22.6. The van der Waals surface area contributed by atoms with E-state index >= 15 is 0 Å². The molecular formula is C60H55N4OPt-3. The molecule has 0 fully saturated rings. The summed E-state index contributed by atoms with van der Waals surface area (Å²) in [6.45, 7) is 22.5. The Morgan fingerprint density at radius 2 is 1.14 bits per heavy atom. The number of rotatable bonds is 7. The molecule has 66 heavy (non-hydrogen) atoms. The standard InChI is InChI=1S/C60H55N4O.Pt/c1-58(2,3)44-25-22-41(23-26-44)42-24-29-53-52(34-42)51-28-27-50(38-56(51)64(53)57-36-45(30-31-61-57)59(4,5)6)65-49-19-15-18-47(37-49)62-39-63(55-21-14-13-20-54(55)62)48-33-43(40-16-11-10-12-17-40)32-46(35-48)60(7,8)9;/h10-36,39H,1-9H3;/q-3;. The van der Waals surface area contributed by atoms with Crippen molar-refractivity contribution in [2.75, 3.05) is 9.80 Å². The summed E-state index contributed by atoms with van der Waals surface area (Å²) in [5.41, 5.74) is 14.6. The van der Waals surface area contributed by atoms with Crippen LogP contribution in [0.5, 0.6) is 11.5 Å². The Balaban J connectivity index is 0.00000548. The van der Waals surface area contributed by atoms with Gasteiger partial charge in [-0.15, -0.1) is 48.1 Å². The number of fused-ring (bicyclic) bond motifs is 4. The molecule has 0 unspecified atom stereocenters. The zero-order chi connectivity index (χ0) is 45.3. The molecule has 0 saturated carbocycles. The second kappa shape index (κ2) is 17.1. The molecule has 0 aliphatic carbocycles. The molecular weight excluding hydrogens is 988 g/mol. The van der Waals surface area contributed by atoms with E-state index in [1.165, 1.54) is 33.4 Å². The van der Waals surface area contributed by atoms with E-state index in [9.17, 15) is 0 Å². The van der Waals surface area contributed by atoms with Crippen molar-refractivity contribution < 1.29 is 25.8 Å². The van der Waals surface area contributed by atoms with Gasteiger partial charge in [-0.05, 0) is 103 Å². The first-order chi connectivity index (χ1) is 31.1. The predicted octanol–water partition coefficient (Wildman–Crippen LogP) is 16.2. The van der Waals surface area contributed by atoms with Gasteiger partial charge >= 0.3 is 0 Å². The van der Waals surface area contributed by atoms with Crippen LogP contribution >= 0.6 is 0 Å². The van der Waals surface area contributed by atoms with E-state index < -0.39 is 0 Å². The monoisotopic (exact) mass is 1040 g/mol. The van der Waals surface area contributed by atoms with Crippen LogP contribution in [-0.4, -0.2) is 9.55 Å². The SMILES string of the molecule is CC(C)(C)c1ccc(-c2ccc3c(c2)c2ccc(Oc4[c-]c(N5[CH-]N(c6cc(-c7ccccc7)cc(C(C)(C)C)c6)c6ccccc65)ccc4)[c-]c2n3-c2cc(C(C)(C)C)ccn2)cc1.[Pt]. The smallest absolute Gasteiger partial charge is 0.135 e. The second-order valence-electron chi connectivity index (χ2n) is 20.4. The number of pyridine rings is 1. The van der Waals surface area contributed by atoms with Gasteiger partial charge in [0.15, 0.2) is 0 Å². The maximum absolute atomic E-state index is 6.70. The van der Waals surface area contributed by atoms with Crippen molar-refractivity contribution in [1.82, 2.24) is 9.55 Å². The average molecular weight is 1040 g/mol. The number of ether oxygens (including phenoxy) is 1. The fraction of sp³-hybridized carbons (Fsp3) is 0.200. The maximum atomic E-state index is 6.70. The zero-order valence-corrected chi connectivity index (χ0v) is 41.5. The zero-order valence-electron chi connectivity index (χ0n) is 39.2. The van der Waals surface area contributed by atoms with Crippen molar-refractivity contribution in [1.29, 1.82) is 0 Å². The van der Waals surface area contributed by atoms with Gasteiger partial charge in [-0.25, -0.2) is 4.98 Å². The number of para-hydroxylation sites is 2. The molecule has 9 aromatic rings. The summed E-state index contributed by atoms with van der Waals surface area (Å²) in [5, 5.41) is 2.21. The Labute approximate surface area is 405 Å². The van der Waals surface area contributed by atoms with Crippen LogP contribution in [0.1, 0.15) is 79.0 Å². The molecule has 7 aromatic carbocycles. The maximum Gasteiger partial charge on any atom is 0.135 e. The molecule has 0 N–H and O–H groups in total. The molecule has 10 rings (SSSR count). The summed E-state index contributed by atoms with van der Waals surface area (Å²) in [5.74, 6) is 2.04. The van der Waals surface area contributed by atoms with Crippen LogP contribution in [0.25, 0.3) is 49.9 Å². The fourth-order valence-electron chi connectivity index (χ4n) is 8.82. The second-order valence-corrected chi connectivity index (χ2v) is 20.4. The molecule has 3 heterocycles. The number of anilines is 4. The van der Waals surface area contributed by atoms with Crippen LogP contribution in [0.4, 0.5) is 22.7 Å². The van der Waals surface area contributed by atoms with E-state index in [1.807, 2.05) is 24.4 Å². The Morgan fingerprint density at radius 1 is 0.485 bits per heavy atom. The summed E-state index contributed by atoms with van der Waals surface area (Å²) >= 11 is 0. The number of hydrogen-bond acceptors (Lipinski definition) is 4. The molecule has 1 aliphatic heterocycles. The van der Waals surface area contributed by atoms with Crippen molar-refractivity contribution in [3.8, 4) is 39.6 Å². The molecule has 0 saturated heterocycles. The van der Waals surface area contributed by atoms with Crippen molar-refractivity contribution in [2.24, 2.45) is 0 Å². The van der Waals surface area contributed by atoms with Crippen molar-refractivity contribution in [3.63, 3.8) is 0 Å². The van der Waals surface area contributed by atoms with Gasteiger partial charge in [0.1, 0.15) is 5.82 Å². The first kappa shape index (κ1) is 44.8. The van der Waals surface area contributed by atoms with Crippen LogP contribution in [0.3, 0.4) is 0 Å². The van der Waals surface area contributed by atoms with Crippen LogP contribution < -0.4 is 14.5 Å². The largest absolute Gasteiger partial charge is 0.509 e. The third-order valence-electron chi connectivity index (χ3n) is 12.6. The third-order valence-corrected chi connectivity index (χ3v) is 12.6. The van der Waals surface area contributed by atoms with Gasteiger partial charge in [-0.2, -0.15) is 12.1 Å². The molecule has 334 valence electrons. The molecule has 5 nitrogen and oxygen atoms in total. The van der Waals surface area contributed by atoms with Crippen molar-refractivity contribution >= 4 is 44.6 Å². The van der Waals surface area contributed by atoms with Gasteiger partial charge in [0.05, 0.1) is 0 Å². The Bertz CT molecular complexity index is 3220. The third kappa shape index (κ3) is 8.58. The molecule has 6 heteroatoms. The molecule has 1 aliphatic rings. The van der Waals surface area contributed by atoms with E-state index in [1.54, 1.807) is 0 Å². The topological polar surface area (TPSA) is 33.5 Å². The van der Waals surface area contributed by atoms with E-state index in [4.69, 9.17) is 9.72 Å². The normalized spacial score (nSPS) is 13.0. The van der Waals surface area contributed by atoms with E-state index in [-0.39, 0.29) is 37.3 Å². The molecule has 0 atom stereocenters. The Hall–Kier alpha value is -6.42. The summed E-state index contributed by atoms with van der Waals surface area (Å²) < 4.78 is 8.93. The summed E-state index contributed by atoms with van der Waals surface area (Å²) in [7, 11) is 0. The van der Waals surface area contributed by atoms with Crippen LogP contribution in [0, 0.1) is 18.8 Å². The molecule has 2 aromatic heterocycles. The van der Waals surface area contributed by atoms with Gasteiger partial charge in [0.2, 0.25) is 0 Å². The van der Waals surface area contributed by atoms with Gasteiger partial charge in [0, 0.05) is 61.3 Å². The minimum absolute atomic E-state index is 0. The number of hydrogen-bond donors (Lipinski definition) is 0. The van der Waals surface area contributed by atoms with Crippen LogP contribution in [0.2, 0.25) is 0 Å².